The van der Waals surface area contributed by atoms with Gasteiger partial charge in [0.15, 0.2) is 0 Å². The fourth-order valence-corrected chi connectivity index (χ4v) is 1.75. The number of nitrogens with zero attached hydrogens (tertiary/aromatic N) is 1. The summed E-state index contributed by atoms with van der Waals surface area (Å²) in [5.74, 6) is -0.117. The predicted octanol–water partition coefficient (Wildman–Crippen LogP) is 0.660. The number of methoxy groups -OCH3 is 1. The van der Waals surface area contributed by atoms with Crippen LogP contribution in [0.2, 0.25) is 0 Å². The Morgan fingerprint density at radius 2 is 2.14 bits per heavy atom. The summed E-state index contributed by atoms with van der Waals surface area (Å²) in [6.45, 7) is 5.18. The Morgan fingerprint density at radius 1 is 1.50 bits per heavy atom. The molecule has 0 N–H and O–H groups in total. The molecule has 4 heteroatoms. The summed E-state index contributed by atoms with van der Waals surface area (Å²) < 4.78 is 10.0. The van der Waals surface area contributed by atoms with Gasteiger partial charge in [0, 0.05) is 13.1 Å². The first kappa shape index (κ1) is 11.5. The highest BCUT2D eigenvalue weighted by Gasteiger charge is 2.26. The molecule has 1 atom stereocenters. The van der Waals surface area contributed by atoms with Crippen molar-refractivity contribution in [1.29, 1.82) is 0 Å². The van der Waals surface area contributed by atoms with Crippen LogP contribution in [0.1, 0.15) is 19.8 Å². The molecule has 4 nitrogen and oxygen atoms in total. The van der Waals surface area contributed by atoms with Crippen molar-refractivity contribution in [3.8, 4) is 0 Å². The Balaban J connectivity index is 2.50. The molecule has 1 aliphatic rings. The zero-order valence-corrected chi connectivity index (χ0v) is 8.99. The van der Waals surface area contributed by atoms with Gasteiger partial charge in [-0.3, -0.25) is 9.69 Å². The molecule has 1 rings (SSSR count). The molecular formula is C10H19NO3. The smallest absolute Gasteiger partial charge is 0.323 e. The number of rotatable bonds is 4. The van der Waals surface area contributed by atoms with E-state index in [1.54, 1.807) is 0 Å². The second kappa shape index (κ2) is 5.98. The summed E-state index contributed by atoms with van der Waals surface area (Å²) in [7, 11) is 1.45. The van der Waals surface area contributed by atoms with E-state index in [1.165, 1.54) is 7.11 Å². The van der Waals surface area contributed by atoms with Crippen LogP contribution >= 0.6 is 0 Å². The van der Waals surface area contributed by atoms with E-state index in [9.17, 15) is 4.79 Å². The normalized spacial score (nSPS) is 20.4. The topological polar surface area (TPSA) is 38.8 Å². The van der Waals surface area contributed by atoms with Gasteiger partial charge in [-0.05, 0) is 6.42 Å². The van der Waals surface area contributed by atoms with Gasteiger partial charge < -0.3 is 9.47 Å². The van der Waals surface area contributed by atoms with E-state index >= 15 is 0 Å². The third-order valence-corrected chi connectivity index (χ3v) is 2.52. The van der Waals surface area contributed by atoms with E-state index in [0.29, 0.717) is 0 Å². The molecule has 0 aromatic heterocycles. The summed E-state index contributed by atoms with van der Waals surface area (Å²) >= 11 is 0. The van der Waals surface area contributed by atoms with Gasteiger partial charge >= 0.3 is 5.97 Å². The van der Waals surface area contributed by atoms with Crippen LogP contribution in [-0.2, 0) is 14.3 Å². The first-order chi connectivity index (χ1) is 6.79. The summed E-state index contributed by atoms with van der Waals surface area (Å²) in [4.78, 5) is 13.6. The fraction of sp³-hybridized carbons (Fsp3) is 0.900. The van der Waals surface area contributed by atoms with Gasteiger partial charge in [-0.1, -0.05) is 13.3 Å². The molecule has 1 heterocycles. The lowest BCUT2D eigenvalue weighted by molar-refractivity contribution is -0.149. The van der Waals surface area contributed by atoms with Crippen LogP contribution in [0.15, 0.2) is 0 Å². The summed E-state index contributed by atoms with van der Waals surface area (Å²) in [5.41, 5.74) is 0. The molecule has 0 bridgehead atoms. The van der Waals surface area contributed by atoms with Crippen molar-refractivity contribution in [2.75, 3.05) is 33.4 Å². The highest BCUT2D eigenvalue weighted by molar-refractivity contribution is 5.75. The van der Waals surface area contributed by atoms with E-state index in [4.69, 9.17) is 9.47 Å². The van der Waals surface area contributed by atoms with Crippen LogP contribution in [0.5, 0.6) is 0 Å². The number of hydrogen-bond acceptors (Lipinski definition) is 4. The van der Waals surface area contributed by atoms with Gasteiger partial charge in [0.25, 0.3) is 0 Å². The van der Waals surface area contributed by atoms with E-state index in [0.717, 1.165) is 39.1 Å². The molecule has 0 saturated carbocycles. The van der Waals surface area contributed by atoms with Crippen molar-refractivity contribution in [3.63, 3.8) is 0 Å². The summed E-state index contributed by atoms with van der Waals surface area (Å²) in [6.07, 6.45) is 1.86. The van der Waals surface area contributed by atoms with Gasteiger partial charge in [-0.2, -0.15) is 0 Å². The maximum absolute atomic E-state index is 11.5. The van der Waals surface area contributed by atoms with Crippen LogP contribution in [0.4, 0.5) is 0 Å². The molecule has 0 aromatic rings. The van der Waals surface area contributed by atoms with Gasteiger partial charge in [0.1, 0.15) is 6.04 Å². The minimum Gasteiger partial charge on any atom is -0.468 e. The minimum absolute atomic E-state index is 0.0751. The van der Waals surface area contributed by atoms with Crippen molar-refractivity contribution < 1.29 is 14.3 Å². The molecule has 0 unspecified atom stereocenters. The third-order valence-electron chi connectivity index (χ3n) is 2.52. The Labute approximate surface area is 85.2 Å². The molecule has 0 aromatic carbocycles. The third kappa shape index (κ3) is 2.96. The van der Waals surface area contributed by atoms with E-state index in [2.05, 4.69) is 11.8 Å². The van der Waals surface area contributed by atoms with Gasteiger partial charge in [-0.15, -0.1) is 0 Å². The van der Waals surface area contributed by atoms with Gasteiger partial charge in [-0.25, -0.2) is 0 Å². The van der Waals surface area contributed by atoms with Crippen LogP contribution in [0.25, 0.3) is 0 Å². The molecule has 1 saturated heterocycles. The average molecular weight is 201 g/mol. The monoisotopic (exact) mass is 201 g/mol. The SMILES string of the molecule is CCC[C@H](C(=O)OC)N1CCOCC1. The van der Waals surface area contributed by atoms with Crippen molar-refractivity contribution in [3.05, 3.63) is 0 Å². The first-order valence-corrected chi connectivity index (χ1v) is 5.19. The van der Waals surface area contributed by atoms with Crippen molar-refractivity contribution in [2.45, 2.75) is 25.8 Å². The highest BCUT2D eigenvalue weighted by atomic mass is 16.5. The summed E-state index contributed by atoms with van der Waals surface area (Å²) in [6, 6.07) is -0.0751. The largest absolute Gasteiger partial charge is 0.468 e. The fourth-order valence-electron chi connectivity index (χ4n) is 1.75. The van der Waals surface area contributed by atoms with E-state index in [1.807, 2.05) is 0 Å². The number of carbonyl (C=O) groups is 1. The molecule has 1 aliphatic heterocycles. The average Bonchev–Trinajstić information content (AvgIpc) is 2.26. The Kier molecular flexibility index (Phi) is 4.90. The van der Waals surface area contributed by atoms with Crippen LogP contribution < -0.4 is 0 Å². The number of carbonyl (C=O) groups excluding carboxylic acids is 1. The van der Waals surface area contributed by atoms with Crippen molar-refractivity contribution in [1.82, 2.24) is 4.90 Å². The highest BCUT2D eigenvalue weighted by Crippen LogP contribution is 2.11. The molecule has 82 valence electrons. The standard InChI is InChI=1S/C10H19NO3/c1-3-4-9(10(12)13-2)11-5-7-14-8-6-11/h9H,3-8H2,1-2H3/t9-/m1/s1. The minimum atomic E-state index is -0.117. The molecule has 14 heavy (non-hydrogen) atoms. The quantitative estimate of drug-likeness (QED) is 0.626. The maximum Gasteiger partial charge on any atom is 0.323 e. The molecular weight excluding hydrogens is 182 g/mol. The Morgan fingerprint density at radius 3 is 2.64 bits per heavy atom. The zero-order chi connectivity index (χ0) is 10.4. The second-order valence-corrected chi connectivity index (χ2v) is 3.48. The maximum atomic E-state index is 11.5. The number of morpholine rings is 1. The molecule has 1 fully saturated rings. The lowest BCUT2D eigenvalue weighted by atomic mass is 10.1. The molecule has 0 aliphatic carbocycles. The summed E-state index contributed by atoms with van der Waals surface area (Å²) in [5, 5.41) is 0. The van der Waals surface area contributed by atoms with Crippen LogP contribution in [0, 0.1) is 0 Å². The zero-order valence-electron chi connectivity index (χ0n) is 8.99. The van der Waals surface area contributed by atoms with Crippen LogP contribution in [0.3, 0.4) is 0 Å². The van der Waals surface area contributed by atoms with Gasteiger partial charge in [0.2, 0.25) is 0 Å². The number of esters is 1. The van der Waals surface area contributed by atoms with Crippen molar-refractivity contribution >= 4 is 5.97 Å². The van der Waals surface area contributed by atoms with Gasteiger partial charge in [0.05, 0.1) is 20.3 Å². The van der Waals surface area contributed by atoms with E-state index < -0.39 is 0 Å². The lowest BCUT2D eigenvalue weighted by Gasteiger charge is -2.32. The molecule has 0 amide bonds. The Hall–Kier alpha value is -0.610. The predicted molar refractivity (Wildman–Crippen MR) is 53.1 cm³/mol. The lowest BCUT2D eigenvalue weighted by Crippen LogP contribution is -2.47. The van der Waals surface area contributed by atoms with Crippen molar-refractivity contribution in [2.24, 2.45) is 0 Å². The second-order valence-electron chi connectivity index (χ2n) is 3.48. The first-order valence-electron chi connectivity index (χ1n) is 5.19. The number of ether oxygens (including phenoxy) is 2. The number of hydrogen-bond donors (Lipinski definition) is 0. The molecule has 0 radical (unpaired) electrons. The van der Waals surface area contributed by atoms with E-state index in [-0.39, 0.29) is 12.0 Å². The Bertz CT molecular complexity index is 178. The molecule has 0 spiro atoms. The van der Waals surface area contributed by atoms with Crippen LogP contribution in [-0.4, -0.2) is 50.3 Å².